The average Bonchev–Trinajstić information content (AvgIpc) is 2.66. The van der Waals surface area contributed by atoms with Crippen LogP contribution in [0.15, 0.2) is 18.2 Å². The zero-order valence-corrected chi connectivity index (χ0v) is 16.6. The number of piperazine rings is 1. The molecular formula is C18H28ClN3O4. The SMILES string of the molecule is CNCC(C)C(=O)N1CCN(C(=O)c2ccc(OC)c(OC)c2)CC1.Cl. The van der Waals surface area contributed by atoms with E-state index in [2.05, 4.69) is 5.32 Å². The lowest BCUT2D eigenvalue weighted by Crippen LogP contribution is -2.52. The molecule has 1 atom stereocenters. The molecule has 146 valence electrons. The van der Waals surface area contributed by atoms with Crippen molar-refractivity contribution in [1.29, 1.82) is 0 Å². The second-order valence-electron chi connectivity index (χ2n) is 6.15. The van der Waals surface area contributed by atoms with Crippen molar-refractivity contribution in [2.75, 3.05) is 54.0 Å². The Hall–Kier alpha value is -1.99. The largest absolute Gasteiger partial charge is 0.493 e. The number of halogens is 1. The molecule has 2 amide bonds. The average molecular weight is 386 g/mol. The molecule has 0 spiro atoms. The number of ether oxygens (including phenoxy) is 2. The van der Waals surface area contributed by atoms with Crippen molar-refractivity contribution in [3.8, 4) is 11.5 Å². The lowest BCUT2D eigenvalue weighted by molar-refractivity contribution is -0.136. The first-order valence-electron chi connectivity index (χ1n) is 8.46. The van der Waals surface area contributed by atoms with Crippen LogP contribution in [-0.2, 0) is 4.79 Å². The molecule has 1 saturated heterocycles. The maximum absolute atomic E-state index is 12.7. The number of rotatable bonds is 6. The molecule has 0 radical (unpaired) electrons. The van der Waals surface area contributed by atoms with Crippen molar-refractivity contribution in [2.24, 2.45) is 5.92 Å². The fourth-order valence-electron chi connectivity index (χ4n) is 2.99. The van der Waals surface area contributed by atoms with Gasteiger partial charge in [0, 0.05) is 44.2 Å². The number of carbonyl (C=O) groups excluding carboxylic acids is 2. The van der Waals surface area contributed by atoms with Crippen LogP contribution in [0.1, 0.15) is 17.3 Å². The van der Waals surface area contributed by atoms with Gasteiger partial charge in [0.15, 0.2) is 11.5 Å². The molecule has 7 nitrogen and oxygen atoms in total. The van der Waals surface area contributed by atoms with Crippen LogP contribution < -0.4 is 14.8 Å². The molecule has 1 fully saturated rings. The number of benzene rings is 1. The Balaban J connectivity index is 0.00000338. The summed E-state index contributed by atoms with van der Waals surface area (Å²) in [6, 6.07) is 5.15. The molecule has 0 aromatic heterocycles. The highest BCUT2D eigenvalue weighted by molar-refractivity contribution is 5.95. The molecule has 26 heavy (non-hydrogen) atoms. The van der Waals surface area contributed by atoms with Crippen molar-refractivity contribution < 1.29 is 19.1 Å². The minimum absolute atomic E-state index is 0. The maximum atomic E-state index is 12.7. The number of amides is 2. The smallest absolute Gasteiger partial charge is 0.254 e. The summed E-state index contributed by atoms with van der Waals surface area (Å²) < 4.78 is 10.5. The van der Waals surface area contributed by atoms with Gasteiger partial charge in [0.05, 0.1) is 14.2 Å². The van der Waals surface area contributed by atoms with Gasteiger partial charge in [-0.15, -0.1) is 12.4 Å². The first-order valence-corrected chi connectivity index (χ1v) is 8.46. The van der Waals surface area contributed by atoms with Gasteiger partial charge in [0.25, 0.3) is 5.91 Å². The van der Waals surface area contributed by atoms with Crippen molar-refractivity contribution in [2.45, 2.75) is 6.92 Å². The summed E-state index contributed by atoms with van der Waals surface area (Å²) in [5, 5.41) is 3.02. The molecule has 0 aliphatic carbocycles. The molecule has 1 aromatic carbocycles. The van der Waals surface area contributed by atoms with Crippen LogP contribution >= 0.6 is 12.4 Å². The van der Waals surface area contributed by atoms with E-state index < -0.39 is 0 Å². The highest BCUT2D eigenvalue weighted by Crippen LogP contribution is 2.28. The van der Waals surface area contributed by atoms with Crippen LogP contribution in [0, 0.1) is 5.92 Å². The molecule has 1 aliphatic rings. The third kappa shape index (κ3) is 5.02. The zero-order chi connectivity index (χ0) is 18.4. The predicted molar refractivity (Wildman–Crippen MR) is 102 cm³/mol. The van der Waals surface area contributed by atoms with Gasteiger partial charge < -0.3 is 24.6 Å². The van der Waals surface area contributed by atoms with E-state index in [1.807, 2.05) is 18.9 Å². The van der Waals surface area contributed by atoms with Gasteiger partial charge in [-0.1, -0.05) is 6.92 Å². The van der Waals surface area contributed by atoms with Gasteiger partial charge in [-0.25, -0.2) is 0 Å². The third-order valence-corrected chi connectivity index (χ3v) is 4.44. The fourth-order valence-corrected chi connectivity index (χ4v) is 2.99. The summed E-state index contributed by atoms with van der Waals surface area (Å²) in [7, 11) is 4.94. The van der Waals surface area contributed by atoms with Crippen LogP contribution in [0.25, 0.3) is 0 Å². The monoisotopic (exact) mass is 385 g/mol. The van der Waals surface area contributed by atoms with Crippen LogP contribution in [0.3, 0.4) is 0 Å². The summed E-state index contributed by atoms with van der Waals surface area (Å²) in [6.07, 6.45) is 0. The Morgan fingerprint density at radius 1 is 1.08 bits per heavy atom. The molecular weight excluding hydrogens is 358 g/mol. The van der Waals surface area contributed by atoms with E-state index in [4.69, 9.17) is 9.47 Å². The Bertz CT molecular complexity index is 618. The Morgan fingerprint density at radius 3 is 2.19 bits per heavy atom. The van der Waals surface area contributed by atoms with Crippen molar-refractivity contribution in [3.05, 3.63) is 23.8 Å². The van der Waals surface area contributed by atoms with E-state index in [1.165, 1.54) is 0 Å². The number of methoxy groups -OCH3 is 2. The topological polar surface area (TPSA) is 71.1 Å². The first-order chi connectivity index (χ1) is 12.0. The molecule has 1 aromatic rings. The minimum atomic E-state index is -0.0590. The van der Waals surface area contributed by atoms with E-state index >= 15 is 0 Å². The van der Waals surface area contributed by atoms with Gasteiger partial charge >= 0.3 is 0 Å². The number of hydrogen-bond donors (Lipinski definition) is 1. The number of hydrogen-bond acceptors (Lipinski definition) is 5. The third-order valence-electron chi connectivity index (χ3n) is 4.44. The van der Waals surface area contributed by atoms with Gasteiger partial charge in [-0.2, -0.15) is 0 Å². The highest BCUT2D eigenvalue weighted by atomic mass is 35.5. The molecule has 8 heteroatoms. The van der Waals surface area contributed by atoms with Crippen molar-refractivity contribution in [1.82, 2.24) is 15.1 Å². The van der Waals surface area contributed by atoms with Gasteiger partial charge in [0.2, 0.25) is 5.91 Å². The summed E-state index contributed by atoms with van der Waals surface area (Å²) in [4.78, 5) is 28.6. The molecule has 0 bridgehead atoms. The number of nitrogens with one attached hydrogen (secondary N) is 1. The van der Waals surface area contributed by atoms with Crippen molar-refractivity contribution >= 4 is 24.2 Å². The predicted octanol–water partition coefficient (Wildman–Crippen LogP) is 1.27. The standard InChI is InChI=1S/C18H27N3O4.ClH/c1-13(12-19-2)17(22)20-7-9-21(10-8-20)18(23)14-5-6-15(24-3)16(11-14)25-4;/h5-6,11,13,19H,7-10,12H2,1-4H3;1H. The quantitative estimate of drug-likeness (QED) is 0.798. The zero-order valence-electron chi connectivity index (χ0n) is 15.8. The maximum Gasteiger partial charge on any atom is 0.254 e. The Labute approximate surface area is 161 Å². The van der Waals surface area contributed by atoms with Crippen LogP contribution in [-0.4, -0.2) is 75.6 Å². The van der Waals surface area contributed by atoms with E-state index in [9.17, 15) is 9.59 Å². The Kier molecular flexibility index (Phi) is 8.68. The number of nitrogens with zero attached hydrogens (tertiary/aromatic N) is 2. The van der Waals surface area contributed by atoms with E-state index in [1.54, 1.807) is 37.3 Å². The summed E-state index contributed by atoms with van der Waals surface area (Å²) in [5.74, 6) is 1.14. The summed E-state index contributed by atoms with van der Waals surface area (Å²) in [5.41, 5.74) is 0.556. The van der Waals surface area contributed by atoms with Gasteiger partial charge in [-0.05, 0) is 25.2 Å². The second kappa shape index (κ2) is 10.2. The van der Waals surface area contributed by atoms with Crippen LogP contribution in [0.5, 0.6) is 11.5 Å². The molecule has 0 saturated carbocycles. The minimum Gasteiger partial charge on any atom is -0.493 e. The summed E-state index contributed by atoms with van der Waals surface area (Å²) in [6.45, 7) is 4.76. The van der Waals surface area contributed by atoms with E-state index in [0.29, 0.717) is 49.8 Å². The lowest BCUT2D eigenvalue weighted by atomic mass is 10.1. The summed E-state index contributed by atoms with van der Waals surface area (Å²) >= 11 is 0. The second-order valence-corrected chi connectivity index (χ2v) is 6.15. The van der Waals surface area contributed by atoms with E-state index in [-0.39, 0.29) is 30.1 Å². The number of carbonyl (C=O) groups is 2. The first kappa shape index (κ1) is 22.1. The normalized spacial score (nSPS) is 15.1. The molecule has 1 heterocycles. The highest BCUT2D eigenvalue weighted by Gasteiger charge is 2.27. The van der Waals surface area contributed by atoms with Gasteiger partial charge in [0.1, 0.15) is 0 Å². The van der Waals surface area contributed by atoms with E-state index in [0.717, 1.165) is 0 Å². The van der Waals surface area contributed by atoms with Crippen molar-refractivity contribution in [3.63, 3.8) is 0 Å². The molecule has 2 rings (SSSR count). The Morgan fingerprint density at radius 2 is 1.65 bits per heavy atom. The lowest BCUT2D eigenvalue weighted by Gasteiger charge is -2.36. The fraction of sp³-hybridized carbons (Fsp3) is 0.556. The van der Waals surface area contributed by atoms with Crippen LogP contribution in [0.2, 0.25) is 0 Å². The van der Waals surface area contributed by atoms with Gasteiger partial charge in [-0.3, -0.25) is 9.59 Å². The van der Waals surface area contributed by atoms with Crippen LogP contribution in [0.4, 0.5) is 0 Å². The molecule has 1 N–H and O–H groups in total. The molecule has 1 aliphatic heterocycles. The molecule has 1 unspecified atom stereocenters.